The minimum Gasteiger partial charge on any atom is -0.377 e. The van der Waals surface area contributed by atoms with E-state index >= 15 is 0 Å². The molecule has 2 N–H and O–H groups in total. The molecule has 2 aromatic rings. The van der Waals surface area contributed by atoms with E-state index in [0.717, 1.165) is 35.1 Å². The van der Waals surface area contributed by atoms with Crippen LogP contribution in [-0.4, -0.2) is 18.8 Å². The third-order valence-electron chi connectivity index (χ3n) is 5.27. The van der Waals surface area contributed by atoms with E-state index in [1.807, 2.05) is 12.1 Å². The van der Waals surface area contributed by atoms with E-state index in [4.69, 9.17) is 10.5 Å². The van der Waals surface area contributed by atoms with Crippen LogP contribution in [0.3, 0.4) is 0 Å². The Morgan fingerprint density at radius 2 is 1.50 bits per heavy atom. The van der Waals surface area contributed by atoms with E-state index in [9.17, 15) is 8.78 Å². The first-order valence-corrected chi connectivity index (χ1v) is 8.55. The van der Waals surface area contributed by atoms with Gasteiger partial charge in [-0.2, -0.15) is 0 Å². The Kier molecular flexibility index (Phi) is 4.10. The summed E-state index contributed by atoms with van der Waals surface area (Å²) in [5.41, 5.74) is 10.3. The fourth-order valence-electron chi connectivity index (χ4n) is 4.11. The SMILES string of the molecule is NC1CCOC(C2c3ccc(F)cc3CCc3cc(F)ccc32)C1. The fraction of sp³-hybridized carbons (Fsp3) is 0.400. The summed E-state index contributed by atoms with van der Waals surface area (Å²) in [5.74, 6) is -0.484. The Balaban J connectivity index is 1.85. The molecule has 2 unspecified atom stereocenters. The van der Waals surface area contributed by atoms with E-state index in [-0.39, 0.29) is 29.7 Å². The summed E-state index contributed by atoms with van der Waals surface area (Å²) in [6.45, 7) is 0.634. The maximum Gasteiger partial charge on any atom is 0.123 e. The lowest BCUT2D eigenvalue weighted by atomic mass is 9.80. The minimum absolute atomic E-state index is 0.0231. The van der Waals surface area contributed by atoms with E-state index in [1.165, 1.54) is 12.1 Å². The van der Waals surface area contributed by atoms with Crippen molar-refractivity contribution in [1.82, 2.24) is 0 Å². The van der Waals surface area contributed by atoms with Crippen molar-refractivity contribution >= 4 is 0 Å². The highest BCUT2D eigenvalue weighted by Gasteiger charge is 2.34. The van der Waals surface area contributed by atoms with Crippen molar-refractivity contribution in [2.75, 3.05) is 6.61 Å². The van der Waals surface area contributed by atoms with Gasteiger partial charge < -0.3 is 10.5 Å². The Labute approximate surface area is 140 Å². The van der Waals surface area contributed by atoms with Gasteiger partial charge in [0.05, 0.1) is 6.10 Å². The van der Waals surface area contributed by atoms with Crippen molar-refractivity contribution in [1.29, 1.82) is 0 Å². The molecule has 1 fully saturated rings. The zero-order chi connectivity index (χ0) is 16.7. The van der Waals surface area contributed by atoms with Crippen LogP contribution in [0.15, 0.2) is 36.4 Å². The fourth-order valence-corrected chi connectivity index (χ4v) is 4.11. The quantitative estimate of drug-likeness (QED) is 0.866. The lowest BCUT2D eigenvalue weighted by Crippen LogP contribution is -2.38. The lowest BCUT2D eigenvalue weighted by Gasteiger charge is -2.34. The van der Waals surface area contributed by atoms with Crippen LogP contribution in [0.1, 0.15) is 41.0 Å². The van der Waals surface area contributed by atoms with Crippen LogP contribution in [0.5, 0.6) is 0 Å². The number of rotatable bonds is 1. The summed E-state index contributed by atoms with van der Waals surface area (Å²) in [4.78, 5) is 0. The predicted molar refractivity (Wildman–Crippen MR) is 89.0 cm³/mol. The number of fused-ring (bicyclic) bond motifs is 2. The summed E-state index contributed by atoms with van der Waals surface area (Å²) in [5, 5.41) is 0. The number of benzene rings is 2. The van der Waals surface area contributed by atoms with Crippen molar-refractivity contribution in [2.24, 2.45) is 5.73 Å². The smallest absolute Gasteiger partial charge is 0.123 e. The topological polar surface area (TPSA) is 35.2 Å². The Morgan fingerprint density at radius 1 is 0.917 bits per heavy atom. The monoisotopic (exact) mass is 329 g/mol. The first-order valence-electron chi connectivity index (χ1n) is 8.55. The first kappa shape index (κ1) is 15.7. The van der Waals surface area contributed by atoms with Crippen molar-refractivity contribution in [3.8, 4) is 0 Å². The van der Waals surface area contributed by atoms with Gasteiger partial charge >= 0.3 is 0 Å². The molecule has 4 rings (SSSR count). The molecule has 4 heteroatoms. The molecule has 0 radical (unpaired) electrons. The molecule has 2 atom stereocenters. The summed E-state index contributed by atoms with van der Waals surface area (Å²) in [6.07, 6.45) is 2.98. The van der Waals surface area contributed by atoms with Crippen LogP contribution in [0.4, 0.5) is 8.78 Å². The summed E-state index contributed by atoms with van der Waals surface area (Å²) < 4.78 is 33.5. The van der Waals surface area contributed by atoms with Crippen LogP contribution in [0.2, 0.25) is 0 Å². The van der Waals surface area contributed by atoms with Gasteiger partial charge in [-0.3, -0.25) is 0 Å². The molecule has 0 amide bonds. The highest BCUT2D eigenvalue weighted by molar-refractivity contribution is 5.46. The van der Waals surface area contributed by atoms with Gasteiger partial charge in [-0.15, -0.1) is 0 Å². The number of ether oxygens (including phenoxy) is 1. The number of nitrogens with two attached hydrogens (primary N) is 1. The molecule has 24 heavy (non-hydrogen) atoms. The molecule has 2 nitrogen and oxygen atoms in total. The van der Waals surface area contributed by atoms with Crippen LogP contribution in [0.25, 0.3) is 0 Å². The van der Waals surface area contributed by atoms with Crippen LogP contribution in [0, 0.1) is 11.6 Å². The van der Waals surface area contributed by atoms with Gasteiger partial charge in [0, 0.05) is 18.6 Å². The van der Waals surface area contributed by atoms with E-state index in [1.54, 1.807) is 12.1 Å². The first-order chi connectivity index (χ1) is 11.6. The maximum atomic E-state index is 13.7. The molecule has 1 aliphatic carbocycles. The van der Waals surface area contributed by atoms with Crippen LogP contribution in [-0.2, 0) is 17.6 Å². The molecule has 0 bridgehead atoms. The van der Waals surface area contributed by atoms with Gasteiger partial charge in [-0.1, -0.05) is 12.1 Å². The van der Waals surface area contributed by atoms with Crippen molar-refractivity contribution in [3.05, 3.63) is 70.3 Å². The molecule has 1 aliphatic heterocycles. The molecule has 0 aromatic heterocycles. The highest BCUT2D eigenvalue weighted by atomic mass is 19.1. The zero-order valence-corrected chi connectivity index (χ0v) is 13.5. The molecular formula is C20H21F2NO. The molecule has 1 heterocycles. The Hall–Kier alpha value is -1.78. The highest BCUT2D eigenvalue weighted by Crippen LogP contribution is 2.40. The van der Waals surface area contributed by atoms with E-state index in [0.29, 0.717) is 19.4 Å². The van der Waals surface area contributed by atoms with Gasteiger partial charge in [0.1, 0.15) is 11.6 Å². The molecule has 126 valence electrons. The minimum atomic E-state index is -0.231. The van der Waals surface area contributed by atoms with Crippen LogP contribution >= 0.6 is 0 Å². The second-order valence-corrected chi connectivity index (χ2v) is 6.86. The number of hydrogen-bond donors (Lipinski definition) is 1. The van der Waals surface area contributed by atoms with E-state index in [2.05, 4.69) is 0 Å². The molecule has 1 saturated heterocycles. The standard InChI is InChI=1S/C20H21F2NO/c21-14-3-5-17-12(9-14)1-2-13-10-15(22)4-6-18(13)20(17)19-11-16(23)7-8-24-19/h3-6,9-10,16,19-20H,1-2,7-8,11,23H2. The molecule has 2 aliphatic rings. The Morgan fingerprint density at radius 3 is 2.04 bits per heavy atom. The molecule has 0 spiro atoms. The predicted octanol–water partition coefficient (Wildman–Crippen LogP) is 3.70. The van der Waals surface area contributed by atoms with E-state index < -0.39 is 0 Å². The number of halogens is 2. The number of aryl methyl sites for hydroxylation is 2. The van der Waals surface area contributed by atoms with Crippen molar-refractivity contribution in [2.45, 2.75) is 43.7 Å². The lowest BCUT2D eigenvalue weighted by molar-refractivity contribution is -0.00153. The normalized spacial score (nSPS) is 24.1. The summed E-state index contributed by atoms with van der Waals surface area (Å²) in [6, 6.07) is 10.0. The number of hydrogen-bond acceptors (Lipinski definition) is 2. The van der Waals surface area contributed by atoms with Crippen molar-refractivity contribution in [3.63, 3.8) is 0 Å². The second-order valence-electron chi connectivity index (χ2n) is 6.86. The van der Waals surface area contributed by atoms with Gasteiger partial charge in [0.2, 0.25) is 0 Å². The van der Waals surface area contributed by atoms with Gasteiger partial charge in [0.25, 0.3) is 0 Å². The summed E-state index contributed by atoms with van der Waals surface area (Å²) in [7, 11) is 0. The van der Waals surface area contributed by atoms with Gasteiger partial charge in [-0.25, -0.2) is 8.78 Å². The summed E-state index contributed by atoms with van der Waals surface area (Å²) >= 11 is 0. The second kappa shape index (κ2) is 6.26. The largest absolute Gasteiger partial charge is 0.377 e. The third-order valence-corrected chi connectivity index (χ3v) is 5.27. The van der Waals surface area contributed by atoms with Gasteiger partial charge in [0.15, 0.2) is 0 Å². The molecular weight excluding hydrogens is 308 g/mol. The third kappa shape index (κ3) is 2.85. The Bertz CT molecular complexity index is 708. The van der Waals surface area contributed by atoms with Crippen LogP contribution < -0.4 is 5.73 Å². The molecule has 0 saturated carbocycles. The van der Waals surface area contributed by atoms with Crippen molar-refractivity contribution < 1.29 is 13.5 Å². The average molecular weight is 329 g/mol. The molecule has 2 aromatic carbocycles. The maximum absolute atomic E-state index is 13.7. The van der Waals surface area contributed by atoms with Gasteiger partial charge in [-0.05, 0) is 72.2 Å². The average Bonchev–Trinajstić information content (AvgIpc) is 2.71. The zero-order valence-electron chi connectivity index (χ0n) is 13.5.